The highest BCUT2D eigenvalue weighted by atomic mass is 16.6. The second kappa shape index (κ2) is 42.1. The number of hydrogen-bond donors (Lipinski definition) is 0. The number of rotatable bonds is 41. The minimum atomic E-state index is -0.525. The van der Waals surface area contributed by atoms with E-state index in [0.29, 0.717) is 26.1 Å². The Balaban J connectivity index is 4.00. The Morgan fingerprint density at radius 1 is 0.420 bits per heavy atom. The van der Waals surface area contributed by atoms with Gasteiger partial charge >= 0.3 is 11.9 Å². The van der Waals surface area contributed by atoms with Gasteiger partial charge in [-0.15, -0.1) is 0 Å². The van der Waals surface area contributed by atoms with Crippen LogP contribution in [0.2, 0.25) is 0 Å². The molecular weight excluding hydrogens is 620 g/mol. The predicted molar refractivity (Wildman–Crippen MR) is 215 cm³/mol. The van der Waals surface area contributed by atoms with E-state index in [4.69, 9.17) is 14.2 Å². The Bertz CT molecular complexity index is 720. The lowest BCUT2D eigenvalue weighted by Gasteiger charge is -2.18. The third-order valence-corrected chi connectivity index (χ3v) is 9.80. The number of esters is 2. The SMILES string of the molecule is CCCC/C=C\CCCCCCCCOCC(COC(=O)CCCCCCCCCCCCCCCCCCC)OC(=O)CCCCCCC. The van der Waals surface area contributed by atoms with Gasteiger partial charge in [0, 0.05) is 19.4 Å². The third-order valence-electron chi connectivity index (χ3n) is 9.80. The molecule has 0 amide bonds. The minimum absolute atomic E-state index is 0.0895. The fraction of sp³-hybridized carbons (Fsp3) is 0.911. The zero-order valence-corrected chi connectivity index (χ0v) is 33.9. The molecular formula is C45H86O5. The van der Waals surface area contributed by atoms with Crippen LogP contribution in [0.25, 0.3) is 0 Å². The van der Waals surface area contributed by atoms with Crippen molar-refractivity contribution >= 4 is 11.9 Å². The number of carbonyl (C=O) groups excluding carboxylic acids is 2. The number of hydrogen-bond acceptors (Lipinski definition) is 5. The molecule has 1 unspecified atom stereocenters. The maximum Gasteiger partial charge on any atom is 0.306 e. The molecule has 0 rings (SSSR count). The van der Waals surface area contributed by atoms with E-state index in [1.54, 1.807) is 0 Å². The van der Waals surface area contributed by atoms with Crippen molar-refractivity contribution in [3.63, 3.8) is 0 Å². The molecule has 0 radical (unpaired) electrons. The van der Waals surface area contributed by atoms with Crippen LogP contribution in [0.3, 0.4) is 0 Å². The van der Waals surface area contributed by atoms with E-state index in [1.165, 1.54) is 161 Å². The van der Waals surface area contributed by atoms with Crippen LogP contribution in [0.5, 0.6) is 0 Å². The Kier molecular flexibility index (Phi) is 40.9. The molecule has 0 fully saturated rings. The van der Waals surface area contributed by atoms with Gasteiger partial charge in [0.15, 0.2) is 6.10 Å². The highest BCUT2D eigenvalue weighted by Gasteiger charge is 2.17. The van der Waals surface area contributed by atoms with Crippen LogP contribution in [0.1, 0.15) is 239 Å². The minimum Gasteiger partial charge on any atom is -0.462 e. The van der Waals surface area contributed by atoms with Crippen molar-refractivity contribution in [3.8, 4) is 0 Å². The van der Waals surface area contributed by atoms with E-state index in [2.05, 4.69) is 32.9 Å². The lowest BCUT2D eigenvalue weighted by molar-refractivity contribution is -0.163. The van der Waals surface area contributed by atoms with E-state index in [-0.39, 0.29) is 18.5 Å². The Hall–Kier alpha value is -1.36. The highest BCUT2D eigenvalue weighted by molar-refractivity contribution is 5.70. The first-order valence-electron chi connectivity index (χ1n) is 22.2. The summed E-state index contributed by atoms with van der Waals surface area (Å²) in [6, 6.07) is 0. The molecule has 0 saturated carbocycles. The summed E-state index contributed by atoms with van der Waals surface area (Å²) in [5.74, 6) is -0.400. The van der Waals surface area contributed by atoms with Crippen molar-refractivity contribution in [2.45, 2.75) is 245 Å². The largest absolute Gasteiger partial charge is 0.462 e. The molecule has 0 aliphatic carbocycles. The summed E-state index contributed by atoms with van der Waals surface area (Å²) in [6.07, 6.45) is 45.2. The maximum absolute atomic E-state index is 12.5. The van der Waals surface area contributed by atoms with Crippen LogP contribution < -0.4 is 0 Å². The summed E-state index contributed by atoms with van der Waals surface area (Å²) >= 11 is 0. The van der Waals surface area contributed by atoms with Crippen LogP contribution in [-0.2, 0) is 23.8 Å². The summed E-state index contributed by atoms with van der Waals surface area (Å²) in [5, 5.41) is 0. The Morgan fingerprint density at radius 3 is 1.28 bits per heavy atom. The van der Waals surface area contributed by atoms with Gasteiger partial charge in [0.05, 0.1) is 6.61 Å². The topological polar surface area (TPSA) is 61.8 Å². The van der Waals surface area contributed by atoms with Gasteiger partial charge in [-0.3, -0.25) is 9.59 Å². The van der Waals surface area contributed by atoms with Gasteiger partial charge < -0.3 is 14.2 Å². The first-order chi connectivity index (χ1) is 24.6. The van der Waals surface area contributed by atoms with Crippen LogP contribution in [-0.4, -0.2) is 37.9 Å². The van der Waals surface area contributed by atoms with Crippen molar-refractivity contribution in [2.75, 3.05) is 19.8 Å². The van der Waals surface area contributed by atoms with Crippen molar-refractivity contribution in [3.05, 3.63) is 12.2 Å². The Morgan fingerprint density at radius 2 is 0.800 bits per heavy atom. The molecule has 0 bridgehead atoms. The average Bonchev–Trinajstić information content (AvgIpc) is 3.11. The smallest absolute Gasteiger partial charge is 0.306 e. The quantitative estimate of drug-likeness (QED) is 0.0360. The normalized spacial score (nSPS) is 12.1. The molecule has 50 heavy (non-hydrogen) atoms. The molecule has 5 heteroatoms. The van der Waals surface area contributed by atoms with Gasteiger partial charge in [-0.2, -0.15) is 0 Å². The van der Waals surface area contributed by atoms with E-state index in [1.807, 2.05) is 0 Å². The fourth-order valence-corrected chi connectivity index (χ4v) is 6.43. The van der Waals surface area contributed by atoms with Gasteiger partial charge in [0.1, 0.15) is 6.61 Å². The van der Waals surface area contributed by atoms with Crippen molar-refractivity contribution in [1.82, 2.24) is 0 Å². The van der Waals surface area contributed by atoms with E-state index >= 15 is 0 Å². The fourth-order valence-electron chi connectivity index (χ4n) is 6.43. The second-order valence-corrected chi connectivity index (χ2v) is 15.0. The summed E-state index contributed by atoms with van der Waals surface area (Å²) in [5.41, 5.74) is 0. The summed E-state index contributed by atoms with van der Waals surface area (Å²) < 4.78 is 17.2. The van der Waals surface area contributed by atoms with Gasteiger partial charge in [-0.05, 0) is 38.5 Å². The molecule has 0 aromatic rings. The molecule has 1 atom stereocenters. The van der Waals surface area contributed by atoms with E-state index in [9.17, 15) is 9.59 Å². The average molecular weight is 707 g/mol. The number of allylic oxidation sites excluding steroid dienone is 2. The summed E-state index contributed by atoms with van der Waals surface area (Å²) in [6.45, 7) is 7.75. The van der Waals surface area contributed by atoms with Gasteiger partial charge in [0.2, 0.25) is 0 Å². The van der Waals surface area contributed by atoms with Crippen LogP contribution in [0, 0.1) is 0 Å². The van der Waals surface area contributed by atoms with E-state index < -0.39 is 6.10 Å². The van der Waals surface area contributed by atoms with Crippen LogP contribution in [0.15, 0.2) is 12.2 Å². The first-order valence-corrected chi connectivity index (χ1v) is 22.2. The molecule has 0 aliphatic rings. The van der Waals surface area contributed by atoms with Gasteiger partial charge in [-0.1, -0.05) is 200 Å². The molecule has 5 nitrogen and oxygen atoms in total. The molecule has 0 aliphatic heterocycles. The number of ether oxygens (including phenoxy) is 3. The van der Waals surface area contributed by atoms with Crippen molar-refractivity contribution in [1.29, 1.82) is 0 Å². The van der Waals surface area contributed by atoms with Crippen LogP contribution in [0.4, 0.5) is 0 Å². The second-order valence-electron chi connectivity index (χ2n) is 15.0. The molecule has 0 aromatic carbocycles. The molecule has 296 valence electrons. The molecule has 0 saturated heterocycles. The van der Waals surface area contributed by atoms with Crippen molar-refractivity contribution in [2.24, 2.45) is 0 Å². The lowest BCUT2D eigenvalue weighted by atomic mass is 10.0. The standard InChI is InChI=1S/C45H86O5/c1-4-7-10-13-15-17-19-21-22-23-24-25-26-28-30-33-35-38-44(46)49-42-43(50-45(47)39-36-32-12-9-6-3)41-48-40-37-34-31-29-27-20-18-16-14-11-8-5-2/h14,16,43H,4-13,15,17-42H2,1-3H3/b16-14-. The molecule has 0 N–H and O–H groups in total. The van der Waals surface area contributed by atoms with E-state index in [0.717, 1.165) is 44.9 Å². The molecule has 0 aromatic heterocycles. The lowest BCUT2D eigenvalue weighted by Crippen LogP contribution is -2.30. The third kappa shape index (κ3) is 39.4. The zero-order valence-electron chi connectivity index (χ0n) is 33.9. The zero-order chi connectivity index (χ0) is 36.4. The number of unbranched alkanes of at least 4 members (excludes halogenated alkanes) is 28. The predicted octanol–water partition coefficient (Wildman–Crippen LogP) is 14.3. The monoisotopic (exact) mass is 707 g/mol. The molecule has 0 heterocycles. The van der Waals surface area contributed by atoms with Crippen LogP contribution >= 0.6 is 0 Å². The Labute approximate surface area is 312 Å². The van der Waals surface area contributed by atoms with Gasteiger partial charge in [-0.25, -0.2) is 0 Å². The van der Waals surface area contributed by atoms with Gasteiger partial charge in [0.25, 0.3) is 0 Å². The highest BCUT2D eigenvalue weighted by Crippen LogP contribution is 2.15. The summed E-state index contributed by atoms with van der Waals surface area (Å²) in [4.78, 5) is 25.0. The maximum atomic E-state index is 12.5. The molecule has 0 spiro atoms. The summed E-state index contributed by atoms with van der Waals surface area (Å²) in [7, 11) is 0. The first kappa shape index (κ1) is 48.6. The van der Waals surface area contributed by atoms with Crippen molar-refractivity contribution < 1.29 is 23.8 Å². The number of carbonyl (C=O) groups is 2.